The molecule has 2 amide bonds. The minimum Gasteiger partial charge on any atom is -0.496 e. The van der Waals surface area contributed by atoms with Crippen molar-refractivity contribution in [2.75, 3.05) is 19.4 Å². The Balaban J connectivity index is 2.12. The second-order valence-electron chi connectivity index (χ2n) is 5.38. The Morgan fingerprint density at radius 1 is 1.22 bits per heavy atom. The lowest BCUT2D eigenvalue weighted by Crippen LogP contribution is -2.31. The number of nitrogen functional groups attached to an aromatic ring is 1. The normalized spacial score (nSPS) is 13.2. The molecule has 0 radical (unpaired) electrons. The predicted molar refractivity (Wildman–Crippen MR) is 87.4 cm³/mol. The van der Waals surface area contributed by atoms with Crippen LogP contribution in [0.4, 0.5) is 5.69 Å². The molecule has 23 heavy (non-hydrogen) atoms. The van der Waals surface area contributed by atoms with Gasteiger partial charge >= 0.3 is 0 Å². The first-order chi connectivity index (χ1) is 11.0. The number of rotatable bonds is 3. The average molecular weight is 311 g/mol. The summed E-state index contributed by atoms with van der Waals surface area (Å²) < 4.78 is 5.23. The SMILES string of the molecule is COc1cc(-c2cc3c(cc2N)C(=O)NCC3)ccc1C(N)=O. The second-order valence-corrected chi connectivity index (χ2v) is 5.38. The molecule has 6 heteroatoms. The summed E-state index contributed by atoms with van der Waals surface area (Å²) in [5, 5.41) is 2.80. The number of hydrogen-bond donors (Lipinski definition) is 3. The summed E-state index contributed by atoms with van der Waals surface area (Å²) in [6.07, 6.45) is 0.755. The van der Waals surface area contributed by atoms with Crippen LogP contribution in [-0.2, 0) is 6.42 Å². The summed E-state index contributed by atoms with van der Waals surface area (Å²) in [7, 11) is 1.48. The first-order valence-corrected chi connectivity index (χ1v) is 7.20. The van der Waals surface area contributed by atoms with Gasteiger partial charge in [0.15, 0.2) is 0 Å². The number of nitrogens with one attached hydrogen (secondary N) is 1. The number of primary amides is 1. The zero-order valence-corrected chi connectivity index (χ0v) is 12.7. The monoisotopic (exact) mass is 311 g/mol. The minimum absolute atomic E-state index is 0.105. The van der Waals surface area contributed by atoms with Crippen molar-refractivity contribution in [3.63, 3.8) is 0 Å². The van der Waals surface area contributed by atoms with Gasteiger partial charge in [-0.2, -0.15) is 0 Å². The number of benzene rings is 2. The number of fused-ring (bicyclic) bond motifs is 1. The van der Waals surface area contributed by atoms with Gasteiger partial charge in [-0.15, -0.1) is 0 Å². The van der Waals surface area contributed by atoms with Crippen LogP contribution in [-0.4, -0.2) is 25.5 Å². The molecule has 118 valence electrons. The van der Waals surface area contributed by atoms with E-state index in [1.807, 2.05) is 6.07 Å². The van der Waals surface area contributed by atoms with Crippen molar-refractivity contribution in [3.05, 3.63) is 47.0 Å². The maximum absolute atomic E-state index is 11.9. The van der Waals surface area contributed by atoms with Crippen molar-refractivity contribution in [2.24, 2.45) is 5.73 Å². The molecule has 0 spiro atoms. The molecule has 1 aliphatic heterocycles. The summed E-state index contributed by atoms with van der Waals surface area (Å²) in [4.78, 5) is 23.3. The van der Waals surface area contributed by atoms with E-state index in [1.165, 1.54) is 7.11 Å². The summed E-state index contributed by atoms with van der Waals surface area (Å²) >= 11 is 0. The maximum atomic E-state index is 11.9. The van der Waals surface area contributed by atoms with Crippen LogP contribution in [0.25, 0.3) is 11.1 Å². The molecule has 0 fully saturated rings. The second kappa shape index (κ2) is 5.64. The van der Waals surface area contributed by atoms with Gasteiger partial charge in [0.1, 0.15) is 5.75 Å². The van der Waals surface area contributed by atoms with Gasteiger partial charge in [0.2, 0.25) is 0 Å². The van der Waals surface area contributed by atoms with Gasteiger partial charge in [-0.1, -0.05) is 6.07 Å². The van der Waals surface area contributed by atoms with Crippen molar-refractivity contribution >= 4 is 17.5 Å². The molecule has 5 N–H and O–H groups in total. The van der Waals surface area contributed by atoms with Gasteiger partial charge < -0.3 is 21.5 Å². The fourth-order valence-electron chi connectivity index (χ4n) is 2.80. The highest BCUT2D eigenvalue weighted by Crippen LogP contribution is 2.33. The van der Waals surface area contributed by atoms with Crippen LogP contribution in [0.1, 0.15) is 26.3 Å². The van der Waals surface area contributed by atoms with E-state index >= 15 is 0 Å². The van der Waals surface area contributed by atoms with Crippen LogP contribution in [0.3, 0.4) is 0 Å². The summed E-state index contributed by atoms with van der Waals surface area (Å²) in [6.45, 7) is 0.610. The molecular weight excluding hydrogens is 294 g/mol. The molecule has 0 saturated heterocycles. The Morgan fingerprint density at radius 3 is 2.70 bits per heavy atom. The van der Waals surface area contributed by atoms with Crippen LogP contribution in [0.5, 0.6) is 5.75 Å². The average Bonchev–Trinajstić information content (AvgIpc) is 2.54. The molecule has 0 aliphatic carbocycles. The maximum Gasteiger partial charge on any atom is 0.252 e. The fourth-order valence-corrected chi connectivity index (χ4v) is 2.80. The van der Waals surface area contributed by atoms with Gasteiger partial charge in [-0.3, -0.25) is 9.59 Å². The lowest BCUT2D eigenvalue weighted by Gasteiger charge is -2.19. The van der Waals surface area contributed by atoms with Crippen molar-refractivity contribution in [2.45, 2.75) is 6.42 Å². The predicted octanol–water partition coefficient (Wildman–Crippen LogP) is 1.33. The van der Waals surface area contributed by atoms with E-state index in [9.17, 15) is 9.59 Å². The standard InChI is InChI=1S/C17H17N3O3/c1-23-15-7-9(2-3-11(15)16(19)21)12-6-10-4-5-20-17(22)13(10)8-14(12)18/h2-3,6-8H,4-5,18H2,1H3,(H2,19,21)(H,20,22). The van der Waals surface area contributed by atoms with E-state index in [4.69, 9.17) is 16.2 Å². The van der Waals surface area contributed by atoms with Crippen molar-refractivity contribution in [1.29, 1.82) is 0 Å². The van der Waals surface area contributed by atoms with Gasteiger partial charge in [0.25, 0.3) is 11.8 Å². The molecular formula is C17H17N3O3. The smallest absolute Gasteiger partial charge is 0.252 e. The number of nitrogens with two attached hydrogens (primary N) is 2. The van der Waals surface area contributed by atoms with E-state index < -0.39 is 5.91 Å². The number of hydrogen-bond acceptors (Lipinski definition) is 4. The van der Waals surface area contributed by atoms with Crippen LogP contribution < -0.4 is 21.5 Å². The zero-order chi connectivity index (χ0) is 16.6. The van der Waals surface area contributed by atoms with E-state index in [0.717, 1.165) is 23.1 Å². The van der Waals surface area contributed by atoms with E-state index in [-0.39, 0.29) is 5.91 Å². The molecule has 2 aromatic carbocycles. The highest BCUT2D eigenvalue weighted by atomic mass is 16.5. The number of anilines is 1. The largest absolute Gasteiger partial charge is 0.496 e. The summed E-state index contributed by atoms with van der Waals surface area (Å²) in [5.74, 6) is -0.264. The third kappa shape index (κ3) is 2.59. The van der Waals surface area contributed by atoms with E-state index in [2.05, 4.69) is 5.32 Å². The molecule has 6 nitrogen and oxygen atoms in total. The van der Waals surface area contributed by atoms with Crippen LogP contribution in [0, 0.1) is 0 Å². The molecule has 1 heterocycles. The molecule has 0 bridgehead atoms. The molecule has 1 aliphatic rings. The summed E-state index contributed by atoms with van der Waals surface area (Å²) in [5.41, 5.74) is 15.4. The minimum atomic E-state index is -0.552. The zero-order valence-electron chi connectivity index (χ0n) is 12.7. The Morgan fingerprint density at radius 2 is 2.00 bits per heavy atom. The topological polar surface area (TPSA) is 107 Å². The van der Waals surface area contributed by atoms with Crippen LogP contribution >= 0.6 is 0 Å². The van der Waals surface area contributed by atoms with E-state index in [0.29, 0.717) is 29.1 Å². The lowest BCUT2D eigenvalue weighted by atomic mass is 9.93. The number of amides is 2. The Labute approximate surface area is 133 Å². The number of methoxy groups -OCH3 is 1. The van der Waals surface area contributed by atoms with E-state index in [1.54, 1.807) is 24.3 Å². The Bertz CT molecular complexity index is 815. The fraction of sp³-hybridized carbons (Fsp3) is 0.176. The summed E-state index contributed by atoms with van der Waals surface area (Å²) in [6, 6.07) is 8.71. The highest BCUT2D eigenvalue weighted by molar-refractivity contribution is 6.00. The van der Waals surface area contributed by atoms with Crippen molar-refractivity contribution in [3.8, 4) is 16.9 Å². The lowest BCUT2D eigenvalue weighted by molar-refractivity contribution is 0.0944. The number of carbonyl (C=O) groups is 2. The molecule has 0 unspecified atom stereocenters. The van der Waals surface area contributed by atoms with Gasteiger partial charge in [-0.05, 0) is 41.8 Å². The molecule has 0 aromatic heterocycles. The first-order valence-electron chi connectivity index (χ1n) is 7.20. The molecule has 0 atom stereocenters. The quantitative estimate of drug-likeness (QED) is 0.743. The van der Waals surface area contributed by atoms with Crippen LogP contribution in [0.15, 0.2) is 30.3 Å². The number of ether oxygens (including phenoxy) is 1. The van der Waals surface area contributed by atoms with Crippen molar-refractivity contribution in [1.82, 2.24) is 5.32 Å². The molecule has 2 aromatic rings. The highest BCUT2D eigenvalue weighted by Gasteiger charge is 2.19. The van der Waals surface area contributed by atoms with Gasteiger partial charge in [-0.25, -0.2) is 0 Å². The van der Waals surface area contributed by atoms with Gasteiger partial charge in [0, 0.05) is 23.4 Å². The Kier molecular flexibility index (Phi) is 3.65. The first kappa shape index (κ1) is 14.9. The van der Waals surface area contributed by atoms with Crippen molar-refractivity contribution < 1.29 is 14.3 Å². The van der Waals surface area contributed by atoms with Crippen LogP contribution in [0.2, 0.25) is 0 Å². The molecule has 3 rings (SSSR count). The number of carbonyl (C=O) groups excluding carboxylic acids is 2. The van der Waals surface area contributed by atoms with Gasteiger partial charge in [0.05, 0.1) is 12.7 Å². The third-order valence-electron chi connectivity index (χ3n) is 3.98. The Hall–Kier alpha value is -3.02. The third-order valence-corrected chi connectivity index (χ3v) is 3.98. The molecule has 0 saturated carbocycles.